The van der Waals surface area contributed by atoms with Gasteiger partial charge in [-0.25, -0.2) is 4.98 Å². The molecule has 18 heavy (non-hydrogen) atoms. The molecule has 0 aliphatic heterocycles. The van der Waals surface area contributed by atoms with E-state index in [-0.39, 0.29) is 5.91 Å². The Morgan fingerprint density at radius 3 is 2.89 bits per heavy atom. The highest BCUT2D eigenvalue weighted by Gasteiger charge is 2.01. The molecule has 0 spiro atoms. The number of para-hydroxylation sites is 1. The quantitative estimate of drug-likeness (QED) is 0.872. The van der Waals surface area contributed by atoms with Crippen LogP contribution in [0.15, 0.2) is 40.2 Å². The van der Waals surface area contributed by atoms with Gasteiger partial charge in [0.2, 0.25) is 5.91 Å². The molecule has 2 aromatic rings. The first-order valence-electron chi connectivity index (χ1n) is 5.31. The van der Waals surface area contributed by atoms with E-state index in [9.17, 15) is 4.79 Å². The average Bonchev–Trinajstić information content (AvgIpc) is 2.76. The van der Waals surface area contributed by atoms with Crippen LogP contribution >= 0.6 is 27.3 Å². The summed E-state index contributed by atoms with van der Waals surface area (Å²) in [5.74, 6) is -0.174. The third-order valence-electron chi connectivity index (χ3n) is 2.17. The molecular formula is C13H11BrN2OS. The Bertz CT molecular complexity index is 592. The number of aromatic nitrogens is 1. The molecule has 0 unspecified atom stereocenters. The molecule has 0 saturated carbocycles. The molecule has 92 valence electrons. The van der Waals surface area contributed by atoms with Gasteiger partial charge in [0, 0.05) is 15.9 Å². The largest absolute Gasteiger partial charge is 0.321 e. The Morgan fingerprint density at radius 1 is 1.44 bits per heavy atom. The van der Waals surface area contributed by atoms with Gasteiger partial charge in [0.15, 0.2) is 0 Å². The van der Waals surface area contributed by atoms with Crippen molar-refractivity contribution in [1.82, 2.24) is 4.98 Å². The van der Waals surface area contributed by atoms with Crippen LogP contribution in [0.3, 0.4) is 0 Å². The highest BCUT2D eigenvalue weighted by Crippen LogP contribution is 2.21. The number of carbonyl (C=O) groups excluding carboxylic acids is 1. The van der Waals surface area contributed by atoms with Gasteiger partial charge in [-0.05, 0) is 41.1 Å². The van der Waals surface area contributed by atoms with Gasteiger partial charge in [0.1, 0.15) is 0 Å². The minimum Gasteiger partial charge on any atom is -0.321 e. The van der Waals surface area contributed by atoms with E-state index in [1.54, 1.807) is 17.4 Å². The summed E-state index contributed by atoms with van der Waals surface area (Å²) in [7, 11) is 0. The molecule has 0 fully saturated rings. The van der Waals surface area contributed by atoms with Crippen LogP contribution < -0.4 is 5.32 Å². The number of aryl methyl sites for hydroxylation is 1. The molecular weight excluding hydrogens is 312 g/mol. The lowest BCUT2D eigenvalue weighted by Gasteiger charge is -2.03. The number of thiazole rings is 1. The van der Waals surface area contributed by atoms with Crippen molar-refractivity contribution in [2.24, 2.45) is 0 Å². The molecule has 5 heteroatoms. The van der Waals surface area contributed by atoms with E-state index in [4.69, 9.17) is 0 Å². The maximum absolute atomic E-state index is 11.7. The van der Waals surface area contributed by atoms with E-state index in [2.05, 4.69) is 26.2 Å². The van der Waals surface area contributed by atoms with Crippen molar-refractivity contribution in [1.29, 1.82) is 0 Å². The van der Waals surface area contributed by atoms with E-state index >= 15 is 0 Å². The minimum atomic E-state index is -0.174. The van der Waals surface area contributed by atoms with Crippen LogP contribution in [0, 0.1) is 6.92 Å². The second kappa shape index (κ2) is 5.93. The number of benzene rings is 1. The van der Waals surface area contributed by atoms with Crippen molar-refractivity contribution >= 4 is 44.9 Å². The first kappa shape index (κ1) is 13.0. The number of hydrogen-bond donors (Lipinski definition) is 1. The van der Waals surface area contributed by atoms with Gasteiger partial charge in [0.25, 0.3) is 0 Å². The third-order valence-corrected chi connectivity index (χ3v) is 3.66. The molecule has 0 atom stereocenters. The fraction of sp³-hybridized carbons (Fsp3) is 0.0769. The number of amides is 1. The Morgan fingerprint density at radius 2 is 2.22 bits per heavy atom. The smallest absolute Gasteiger partial charge is 0.248 e. The number of nitrogens with zero attached hydrogens (tertiary/aromatic N) is 1. The van der Waals surface area contributed by atoms with Crippen molar-refractivity contribution < 1.29 is 4.79 Å². The lowest BCUT2D eigenvalue weighted by Crippen LogP contribution is -2.08. The molecule has 0 aliphatic carbocycles. The molecule has 2 rings (SSSR count). The Hall–Kier alpha value is -1.46. The van der Waals surface area contributed by atoms with Gasteiger partial charge < -0.3 is 5.32 Å². The second-order valence-electron chi connectivity index (χ2n) is 3.59. The average molecular weight is 323 g/mol. The zero-order valence-corrected chi connectivity index (χ0v) is 12.1. The van der Waals surface area contributed by atoms with E-state index in [0.717, 1.165) is 20.9 Å². The molecule has 0 radical (unpaired) electrons. The van der Waals surface area contributed by atoms with Crippen molar-refractivity contribution in [2.45, 2.75) is 6.92 Å². The summed E-state index contributed by atoms with van der Waals surface area (Å²) in [5.41, 5.74) is 1.56. The number of nitrogens with one attached hydrogen (secondary N) is 1. The van der Waals surface area contributed by atoms with Crippen LogP contribution in [0.2, 0.25) is 0 Å². The molecule has 0 saturated heterocycles. The van der Waals surface area contributed by atoms with Crippen LogP contribution in [-0.2, 0) is 4.79 Å². The van der Waals surface area contributed by atoms with E-state index in [1.165, 1.54) is 6.08 Å². The van der Waals surface area contributed by atoms with Crippen LogP contribution in [0.4, 0.5) is 5.69 Å². The van der Waals surface area contributed by atoms with Gasteiger partial charge >= 0.3 is 0 Å². The van der Waals surface area contributed by atoms with Crippen molar-refractivity contribution in [3.63, 3.8) is 0 Å². The van der Waals surface area contributed by atoms with Gasteiger partial charge in [-0.3, -0.25) is 4.79 Å². The number of carbonyl (C=O) groups is 1. The summed E-state index contributed by atoms with van der Waals surface area (Å²) >= 11 is 4.94. The standard InChI is InChI=1S/C13H11BrN2OS/c1-9-15-10(8-18-9)6-7-13(17)16-12-5-3-2-4-11(12)14/h2-8H,1H3,(H,16,17)/b7-6+. The van der Waals surface area contributed by atoms with Gasteiger partial charge in [-0.1, -0.05) is 12.1 Å². The normalized spacial score (nSPS) is 10.8. The van der Waals surface area contributed by atoms with E-state index in [0.29, 0.717) is 0 Å². The fourth-order valence-electron chi connectivity index (χ4n) is 1.35. The number of halogens is 1. The molecule has 0 bridgehead atoms. The second-order valence-corrected chi connectivity index (χ2v) is 5.51. The number of hydrogen-bond acceptors (Lipinski definition) is 3. The third kappa shape index (κ3) is 3.51. The molecule has 1 N–H and O–H groups in total. The lowest BCUT2D eigenvalue weighted by molar-refractivity contribution is -0.111. The summed E-state index contributed by atoms with van der Waals surface area (Å²) in [6, 6.07) is 7.48. The SMILES string of the molecule is Cc1nc(/C=C/C(=O)Nc2ccccc2Br)cs1. The van der Waals surface area contributed by atoms with E-state index < -0.39 is 0 Å². The van der Waals surface area contributed by atoms with Crippen molar-refractivity contribution in [2.75, 3.05) is 5.32 Å². The maximum Gasteiger partial charge on any atom is 0.248 e. The van der Waals surface area contributed by atoms with Crippen molar-refractivity contribution in [3.05, 3.63) is 50.9 Å². The Balaban J connectivity index is 2.01. The minimum absolute atomic E-state index is 0.174. The Kier molecular flexibility index (Phi) is 4.28. The lowest BCUT2D eigenvalue weighted by atomic mass is 10.3. The zero-order valence-electron chi connectivity index (χ0n) is 9.68. The van der Waals surface area contributed by atoms with Crippen LogP contribution in [-0.4, -0.2) is 10.9 Å². The summed E-state index contributed by atoms with van der Waals surface area (Å²) in [4.78, 5) is 16.0. The van der Waals surface area contributed by atoms with Crippen LogP contribution in [0.1, 0.15) is 10.7 Å². The van der Waals surface area contributed by atoms with Crippen LogP contribution in [0.25, 0.3) is 6.08 Å². The molecule has 1 aromatic carbocycles. The summed E-state index contributed by atoms with van der Waals surface area (Å²) < 4.78 is 0.858. The fourth-order valence-corrected chi connectivity index (χ4v) is 2.32. The molecule has 1 amide bonds. The molecule has 1 aromatic heterocycles. The first-order chi connectivity index (χ1) is 8.65. The molecule has 3 nitrogen and oxygen atoms in total. The highest BCUT2D eigenvalue weighted by molar-refractivity contribution is 9.10. The molecule has 1 heterocycles. The predicted molar refractivity (Wildman–Crippen MR) is 78.7 cm³/mol. The topological polar surface area (TPSA) is 42.0 Å². The Labute approximate surface area is 118 Å². The van der Waals surface area contributed by atoms with E-state index in [1.807, 2.05) is 36.6 Å². The summed E-state index contributed by atoms with van der Waals surface area (Å²) in [6.45, 7) is 1.93. The highest BCUT2D eigenvalue weighted by atomic mass is 79.9. The number of anilines is 1. The van der Waals surface area contributed by atoms with Gasteiger partial charge in [-0.15, -0.1) is 11.3 Å². The molecule has 0 aliphatic rings. The maximum atomic E-state index is 11.7. The zero-order chi connectivity index (χ0) is 13.0. The predicted octanol–water partition coefficient (Wildman–Crippen LogP) is 3.87. The summed E-state index contributed by atoms with van der Waals surface area (Å²) in [5, 5.41) is 5.69. The van der Waals surface area contributed by atoms with Crippen LogP contribution in [0.5, 0.6) is 0 Å². The van der Waals surface area contributed by atoms with Gasteiger partial charge in [0.05, 0.1) is 16.4 Å². The monoisotopic (exact) mass is 322 g/mol. The van der Waals surface area contributed by atoms with Crippen molar-refractivity contribution in [3.8, 4) is 0 Å². The first-order valence-corrected chi connectivity index (χ1v) is 6.98. The number of rotatable bonds is 3. The van der Waals surface area contributed by atoms with Gasteiger partial charge in [-0.2, -0.15) is 0 Å². The summed E-state index contributed by atoms with van der Waals surface area (Å²) in [6.07, 6.45) is 3.18.